The van der Waals surface area contributed by atoms with Gasteiger partial charge in [-0.05, 0) is 56.5 Å². The van der Waals surface area contributed by atoms with Crippen molar-refractivity contribution >= 4 is 28.7 Å². The molecule has 178 valence electrons. The maximum atomic E-state index is 12.3. The van der Waals surface area contributed by atoms with E-state index in [-0.39, 0.29) is 0 Å². The molecule has 34 heavy (non-hydrogen) atoms. The number of aryl methyl sites for hydroxylation is 1. The molecule has 3 aromatic rings. The van der Waals surface area contributed by atoms with Gasteiger partial charge >= 0.3 is 6.09 Å². The first kappa shape index (κ1) is 21.8. The normalized spacial score (nSPS) is 29.9. The molecule has 6 rings (SSSR count). The first-order chi connectivity index (χ1) is 16.2. The fraction of sp³-hybridized carbons (Fsp3) is 0.458. The molecule has 1 aromatic carbocycles. The van der Waals surface area contributed by atoms with Crippen molar-refractivity contribution < 1.29 is 24.1 Å². The molecule has 10 heteroatoms. The Morgan fingerprint density at radius 3 is 2.76 bits per heavy atom. The standard InChI is InChI=1S/C24H25ClN4O5/c1-12-15-7-9-29(21(15)27-11-26-12)22-20-19(33-24(2,3)34-20)18(32-22)17-16-5-4-14(25)10-13(16)6-8-28(17)23(30)31/h4-5,7,9-11,17-20,22H,6,8H2,1-3H3,(H,30,31)/t17-,18-,19-,20-,22-/m1/s1. The molecule has 0 bridgehead atoms. The smallest absolute Gasteiger partial charge is 0.407 e. The van der Waals surface area contributed by atoms with Gasteiger partial charge in [-0.15, -0.1) is 0 Å². The van der Waals surface area contributed by atoms with Crippen LogP contribution in [0.4, 0.5) is 4.79 Å². The summed E-state index contributed by atoms with van der Waals surface area (Å²) in [6.45, 7) is 6.01. The summed E-state index contributed by atoms with van der Waals surface area (Å²) >= 11 is 6.25. The van der Waals surface area contributed by atoms with E-state index in [1.165, 1.54) is 11.2 Å². The SMILES string of the molecule is Cc1ncnc2c1ccn2[C@@H]1O[C@H]([C@H]2c3ccc(Cl)cc3CCN2C(=O)O)[C@H]2OC(C)(C)O[C@H]21. The fourth-order valence-corrected chi connectivity index (χ4v) is 5.78. The van der Waals surface area contributed by atoms with Crippen molar-refractivity contribution in [3.8, 4) is 0 Å². The fourth-order valence-electron chi connectivity index (χ4n) is 5.58. The van der Waals surface area contributed by atoms with Crippen molar-refractivity contribution in [3.05, 3.63) is 58.6 Å². The van der Waals surface area contributed by atoms with Crippen molar-refractivity contribution in [2.45, 2.75) is 63.6 Å². The van der Waals surface area contributed by atoms with Crippen LogP contribution in [-0.2, 0) is 20.6 Å². The number of carboxylic acid groups (broad SMARTS) is 1. The van der Waals surface area contributed by atoms with Crippen molar-refractivity contribution in [3.63, 3.8) is 0 Å². The summed E-state index contributed by atoms with van der Waals surface area (Å²) in [7, 11) is 0. The monoisotopic (exact) mass is 484 g/mol. The number of fused-ring (bicyclic) bond motifs is 3. The van der Waals surface area contributed by atoms with Crippen LogP contribution in [0.5, 0.6) is 0 Å². The predicted octanol–water partition coefficient (Wildman–Crippen LogP) is 4.09. The number of carbonyl (C=O) groups is 1. The number of rotatable bonds is 2. The second-order valence-corrected chi connectivity index (χ2v) is 9.93. The topological polar surface area (TPSA) is 98.9 Å². The summed E-state index contributed by atoms with van der Waals surface area (Å²) in [5.41, 5.74) is 3.50. The van der Waals surface area contributed by atoms with Crippen molar-refractivity contribution in [1.82, 2.24) is 19.4 Å². The Kier molecular flexibility index (Phi) is 4.90. The predicted molar refractivity (Wildman–Crippen MR) is 123 cm³/mol. The van der Waals surface area contributed by atoms with Crippen LogP contribution in [0.3, 0.4) is 0 Å². The Morgan fingerprint density at radius 1 is 1.18 bits per heavy atom. The maximum absolute atomic E-state index is 12.3. The Labute approximate surface area is 201 Å². The average Bonchev–Trinajstić information content (AvgIpc) is 3.44. The highest BCUT2D eigenvalue weighted by molar-refractivity contribution is 6.30. The lowest BCUT2D eigenvalue weighted by atomic mass is 9.87. The molecule has 1 N–H and O–H groups in total. The van der Waals surface area contributed by atoms with E-state index in [1.54, 1.807) is 6.07 Å². The molecule has 2 saturated heterocycles. The highest BCUT2D eigenvalue weighted by atomic mass is 35.5. The van der Waals surface area contributed by atoms with Crippen LogP contribution >= 0.6 is 11.6 Å². The van der Waals surface area contributed by atoms with E-state index in [0.717, 1.165) is 27.9 Å². The van der Waals surface area contributed by atoms with Crippen LogP contribution in [0, 0.1) is 6.92 Å². The second kappa shape index (κ2) is 7.64. The van der Waals surface area contributed by atoms with Crippen LogP contribution < -0.4 is 0 Å². The number of hydrogen-bond donors (Lipinski definition) is 1. The average molecular weight is 485 g/mol. The minimum Gasteiger partial charge on any atom is -0.465 e. The Balaban J connectivity index is 1.46. The van der Waals surface area contributed by atoms with E-state index in [9.17, 15) is 9.90 Å². The summed E-state index contributed by atoms with van der Waals surface area (Å²) in [6.07, 6.45) is 0.973. The lowest BCUT2D eigenvalue weighted by Crippen LogP contribution is -2.48. The highest BCUT2D eigenvalue weighted by Gasteiger charge is 2.59. The Hall–Kier alpha value is -2.72. The molecule has 5 atom stereocenters. The Bertz CT molecular complexity index is 1290. The zero-order chi connectivity index (χ0) is 23.8. The van der Waals surface area contributed by atoms with Gasteiger partial charge in [0.15, 0.2) is 12.0 Å². The summed E-state index contributed by atoms with van der Waals surface area (Å²) in [5.74, 6) is -0.838. The molecular formula is C24H25ClN4O5. The van der Waals surface area contributed by atoms with E-state index in [2.05, 4.69) is 9.97 Å². The van der Waals surface area contributed by atoms with Crippen LogP contribution in [0.2, 0.25) is 5.02 Å². The van der Waals surface area contributed by atoms with E-state index >= 15 is 0 Å². The lowest BCUT2D eigenvalue weighted by Gasteiger charge is -2.40. The molecule has 9 nitrogen and oxygen atoms in total. The molecule has 0 unspecified atom stereocenters. The van der Waals surface area contributed by atoms with Gasteiger partial charge < -0.3 is 23.9 Å². The van der Waals surface area contributed by atoms with E-state index in [1.807, 2.05) is 49.7 Å². The van der Waals surface area contributed by atoms with Gasteiger partial charge in [0.05, 0.1) is 11.7 Å². The van der Waals surface area contributed by atoms with Crippen molar-refractivity contribution in [1.29, 1.82) is 0 Å². The number of nitrogens with zero attached hydrogens (tertiary/aromatic N) is 4. The molecule has 3 aliphatic heterocycles. The molecule has 5 heterocycles. The number of halogens is 1. The third-order valence-electron chi connectivity index (χ3n) is 6.99. The molecule has 0 saturated carbocycles. The van der Waals surface area contributed by atoms with E-state index in [0.29, 0.717) is 18.0 Å². The molecule has 0 aliphatic carbocycles. The van der Waals surface area contributed by atoms with Crippen LogP contribution in [-0.4, -0.2) is 61.3 Å². The lowest BCUT2D eigenvalue weighted by molar-refractivity contribution is -0.203. The number of hydrogen-bond acceptors (Lipinski definition) is 6. The summed E-state index contributed by atoms with van der Waals surface area (Å²) in [5, 5.41) is 11.6. The number of benzene rings is 1. The van der Waals surface area contributed by atoms with E-state index < -0.39 is 42.5 Å². The molecule has 2 aromatic heterocycles. The van der Waals surface area contributed by atoms with Crippen LogP contribution in [0.15, 0.2) is 36.8 Å². The first-order valence-corrected chi connectivity index (χ1v) is 11.7. The maximum Gasteiger partial charge on any atom is 0.407 e. The van der Waals surface area contributed by atoms with Crippen molar-refractivity contribution in [2.24, 2.45) is 0 Å². The number of ether oxygens (including phenoxy) is 3. The molecular weight excluding hydrogens is 460 g/mol. The molecule has 2 fully saturated rings. The van der Waals surface area contributed by atoms with Crippen LogP contribution in [0.1, 0.15) is 42.9 Å². The first-order valence-electron chi connectivity index (χ1n) is 11.3. The van der Waals surface area contributed by atoms with Gasteiger partial charge in [-0.3, -0.25) is 4.90 Å². The minimum absolute atomic E-state index is 0.346. The highest BCUT2D eigenvalue weighted by Crippen LogP contribution is 2.49. The van der Waals surface area contributed by atoms with Crippen molar-refractivity contribution in [2.75, 3.05) is 6.54 Å². The minimum atomic E-state index is -0.998. The van der Waals surface area contributed by atoms with Gasteiger partial charge in [0.2, 0.25) is 0 Å². The zero-order valence-electron chi connectivity index (χ0n) is 19.0. The summed E-state index contributed by atoms with van der Waals surface area (Å²) in [6, 6.07) is 6.98. The molecule has 0 spiro atoms. The third-order valence-corrected chi connectivity index (χ3v) is 7.22. The summed E-state index contributed by atoms with van der Waals surface area (Å²) in [4.78, 5) is 22.5. The molecule has 3 aliphatic rings. The Morgan fingerprint density at radius 2 is 1.97 bits per heavy atom. The molecule has 0 radical (unpaired) electrons. The van der Waals surface area contributed by atoms with Gasteiger partial charge in [0.1, 0.15) is 30.3 Å². The quantitative estimate of drug-likeness (QED) is 0.584. The van der Waals surface area contributed by atoms with Gasteiger partial charge in [-0.2, -0.15) is 0 Å². The third kappa shape index (κ3) is 3.30. The van der Waals surface area contributed by atoms with Crippen LogP contribution in [0.25, 0.3) is 11.0 Å². The summed E-state index contributed by atoms with van der Waals surface area (Å²) < 4.78 is 21.2. The van der Waals surface area contributed by atoms with Gasteiger partial charge in [-0.1, -0.05) is 17.7 Å². The van der Waals surface area contributed by atoms with Gasteiger partial charge in [0.25, 0.3) is 0 Å². The number of amides is 1. The van der Waals surface area contributed by atoms with Gasteiger partial charge in [-0.25, -0.2) is 14.8 Å². The number of aromatic nitrogens is 3. The second-order valence-electron chi connectivity index (χ2n) is 9.49. The molecule has 1 amide bonds. The zero-order valence-corrected chi connectivity index (χ0v) is 19.8. The van der Waals surface area contributed by atoms with Gasteiger partial charge in [0, 0.05) is 23.2 Å². The van der Waals surface area contributed by atoms with E-state index in [4.69, 9.17) is 25.8 Å². The largest absolute Gasteiger partial charge is 0.465 e.